The average molecular weight is 369 g/mol. The summed E-state index contributed by atoms with van der Waals surface area (Å²) in [5.41, 5.74) is 2.98. The lowest BCUT2D eigenvalue weighted by Crippen LogP contribution is -2.35. The second kappa shape index (κ2) is 7.82. The van der Waals surface area contributed by atoms with Gasteiger partial charge in [-0.25, -0.2) is 15.0 Å². The van der Waals surface area contributed by atoms with Crippen LogP contribution in [0.1, 0.15) is 37.2 Å². The van der Waals surface area contributed by atoms with Crippen molar-refractivity contribution in [1.82, 2.24) is 24.5 Å². The second-order valence-electron chi connectivity index (χ2n) is 6.43. The van der Waals surface area contributed by atoms with Gasteiger partial charge in [0, 0.05) is 49.5 Å². The highest BCUT2D eigenvalue weighted by molar-refractivity contribution is 7.07. The third kappa shape index (κ3) is 3.70. The minimum atomic E-state index is 0.469. The molecule has 1 aliphatic heterocycles. The van der Waals surface area contributed by atoms with E-state index >= 15 is 0 Å². The van der Waals surface area contributed by atoms with Crippen LogP contribution in [0.15, 0.2) is 35.5 Å². The molecule has 1 saturated heterocycles. The Hall–Kier alpha value is -2.48. The zero-order chi connectivity index (χ0) is 17.8. The van der Waals surface area contributed by atoms with E-state index < -0.39 is 0 Å². The van der Waals surface area contributed by atoms with Crippen LogP contribution in [0.3, 0.4) is 0 Å². The van der Waals surface area contributed by atoms with E-state index in [4.69, 9.17) is 0 Å². The second-order valence-corrected chi connectivity index (χ2v) is 7.15. The molecule has 0 amide bonds. The number of anilines is 2. The molecule has 0 aliphatic carbocycles. The van der Waals surface area contributed by atoms with Crippen molar-refractivity contribution in [2.24, 2.45) is 0 Å². The summed E-state index contributed by atoms with van der Waals surface area (Å²) in [7, 11) is 0. The minimum absolute atomic E-state index is 0.469. The molecule has 7 nitrogen and oxygen atoms in total. The Labute approximate surface area is 157 Å². The fraction of sp³-hybridized carbons (Fsp3) is 0.444. The van der Waals surface area contributed by atoms with Gasteiger partial charge in [-0.2, -0.15) is 4.98 Å². The molecular formula is C18H23N7S. The van der Waals surface area contributed by atoms with Crippen LogP contribution in [0.2, 0.25) is 0 Å². The van der Waals surface area contributed by atoms with Gasteiger partial charge in [0.15, 0.2) is 0 Å². The molecule has 0 radical (unpaired) electrons. The molecule has 8 heteroatoms. The lowest BCUT2D eigenvalue weighted by molar-refractivity contribution is 0.465. The summed E-state index contributed by atoms with van der Waals surface area (Å²) in [4.78, 5) is 20.4. The highest BCUT2D eigenvalue weighted by Crippen LogP contribution is 2.29. The first-order valence-electron chi connectivity index (χ1n) is 9.03. The van der Waals surface area contributed by atoms with Crippen LogP contribution < -0.4 is 10.2 Å². The van der Waals surface area contributed by atoms with E-state index in [1.54, 1.807) is 11.3 Å². The zero-order valence-corrected chi connectivity index (χ0v) is 15.7. The smallest absolute Gasteiger partial charge is 0.227 e. The van der Waals surface area contributed by atoms with Gasteiger partial charge in [-0.1, -0.05) is 0 Å². The predicted octanol–water partition coefficient (Wildman–Crippen LogP) is 2.99. The van der Waals surface area contributed by atoms with Gasteiger partial charge in [0.05, 0.1) is 17.7 Å². The zero-order valence-electron chi connectivity index (χ0n) is 14.9. The molecule has 0 unspecified atom stereocenters. The SMILES string of the molecule is CCNc1ccnc(N2CCC(c3nccn3Cc3cscn3)CC2)n1. The number of rotatable bonds is 6. The van der Waals surface area contributed by atoms with Gasteiger partial charge in [-0.3, -0.25) is 0 Å². The van der Waals surface area contributed by atoms with E-state index in [1.165, 1.54) is 5.82 Å². The Bertz CT molecular complexity index is 822. The lowest BCUT2D eigenvalue weighted by atomic mass is 9.96. The van der Waals surface area contributed by atoms with E-state index in [9.17, 15) is 0 Å². The normalized spacial score (nSPS) is 15.3. The van der Waals surface area contributed by atoms with Crippen molar-refractivity contribution in [3.63, 3.8) is 0 Å². The summed E-state index contributed by atoms with van der Waals surface area (Å²) >= 11 is 1.63. The van der Waals surface area contributed by atoms with Crippen LogP contribution in [0.5, 0.6) is 0 Å². The molecule has 4 rings (SSSR count). The maximum atomic E-state index is 4.64. The van der Waals surface area contributed by atoms with Crippen LogP contribution in [0.4, 0.5) is 11.8 Å². The van der Waals surface area contributed by atoms with Gasteiger partial charge in [0.1, 0.15) is 11.6 Å². The first-order chi connectivity index (χ1) is 12.8. The van der Waals surface area contributed by atoms with E-state index in [-0.39, 0.29) is 0 Å². The van der Waals surface area contributed by atoms with Gasteiger partial charge < -0.3 is 14.8 Å². The van der Waals surface area contributed by atoms with Gasteiger partial charge in [0.25, 0.3) is 0 Å². The number of aromatic nitrogens is 5. The van der Waals surface area contributed by atoms with Crippen molar-refractivity contribution >= 4 is 23.1 Å². The molecule has 1 fully saturated rings. The molecule has 1 N–H and O–H groups in total. The summed E-state index contributed by atoms with van der Waals surface area (Å²) in [6, 6.07) is 1.91. The third-order valence-corrected chi connectivity index (χ3v) is 5.34. The van der Waals surface area contributed by atoms with E-state index in [1.807, 2.05) is 24.0 Å². The molecule has 3 aromatic rings. The molecule has 4 heterocycles. The number of nitrogens with zero attached hydrogens (tertiary/aromatic N) is 6. The maximum absolute atomic E-state index is 4.64. The topological polar surface area (TPSA) is 71.8 Å². The third-order valence-electron chi connectivity index (χ3n) is 4.71. The highest BCUT2D eigenvalue weighted by atomic mass is 32.1. The molecule has 0 atom stereocenters. The monoisotopic (exact) mass is 369 g/mol. The number of piperidine rings is 1. The molecular weight excluding hydrogens is 346 g/mol. The van der Waals surface area contributed by atoms with Crippen LogP contribution >= 0.6 is 11.3 Å². The Kier molecular flexibility index (Phi) is 5.10. The standard InChI is InChI=1S/C18H23N7S/c1-2-19-16-3-6-21-18(23-16)24-8-4-14(5-9-24)17-20-7-10-25(17)11-15-12-26-13-22-15/h3,6-7,10,12-14H,2,4-5,8-9,11H2,1H3,(H,19,21,23). The molecule has 0 aromatic carbocycles. The molecule has 136 valence electrons. The van der Waals surface area contributed by atoms with Crippen LogP contribution in [-0.4, -0.2) is 44.1 Å². The summed E-state index contributed by atoms with van der Waals surface area (Å²) in [5.74, 6) is 3.34. The summed E-state index contributed by atoms with van der Waals surface area (Å²) in [6.07, 6.45) is 7.90. The number of hydrogen-bond donors (Lipinski definition) is 1. The van der Waals surface area contributed by atoms with Crippen molar-refractivity contribution in [1.29, 1.82) is 0 Å². The van der Waals surface area contributed by atoms with Crippen LogP contribution in [0, 0.1) is 0 Å². The number of nitrogens with one attached hydrogen (secondary N) is 1. The predicted molar refractivity (Wildman–Crippen MR) is 104 cm³/mol. The molecule has 0 spiro atoms. The summed E-state index contributed by atoms with van der Waals surface area (Å²) < 4.78 is 2.23. The lowest BCUT2D eigenvalue weighted by Gasteiger charge is -2.32. The molecule has 1 aliphatic rings. The van der Waals surface area contributed by atoms with Crippen molar-refractivity contribution in [3.05, 3.63) is 47.1 Å². The maximum Gasteiger partial charge on any atom is 0.227 e. The summed E-state index contributed by atoms with van der Waals surface area (Å²) in [6.45, 7) is 5.63. The van der Waals surface area contributed by atoms with Crippen molar-refractivity contribution < 1.29 is 0 Å². The van der Waals surface area contributed by atoms with E-state index in [0.717, 1.165) is 56.5 Å². The number of thiazole rings is 1. The van der Waals surface area contributed by atoms with E-state index in [2.05, 4.69) is 53.2 Å². The van der Waals surface area contributed by atoms with Crippen molar-refractivity contribution in [2.75, 3.05) is 29.9 Å². The number of imidazole rings is 1. The molecule has 0 bridgehead atoms. The summed E-state index contributed by atoms with van der Waals surface area (Å²) in [5, 5.41) is 5.35. The van der Waals surface area contributed by atoms with Gasteiger partial charge in [-0.15, -0.1) is 11.3 Å². The van der Waals surface area contributed by atoms with Gasteiger partial charge >= 0.3 is 0 Å². The molecule has 0 saturated carbocycles. The first kappa shape index (κ1) is 17.0. The van der Waals surface area contributed by atoms with Crippen LogP contribution in [0.25, 0.3) is 0 Å². The molecule has 3 aromatic heterocycles. The first-order valence-corrected chi connectivity index (χ1v) is 9.97. The quantitative estimate of drug-likeness (QED) is 0.720. The largest absolute Gasteiger partial charge is 0.370 e. The fourth-order valence-electron chi connectivity index (χ4n) is 3.42. The Morgan fingerprint density at radius 1 is 1.19 bits per heavy atom. The fourth-order valence-corrected chi connectivity index (χ4v) is 3.97. The Morgan fingerprint density at radius 2 is 2.08 bits per heavy atom. The van der Waals surface area contributed by atoms with Gasteiger partial charge in [-0.05, 0) is 25.8 Å². The van der Waals surface area contributed by atoms with E-state index in [0.29, 0.717) is 5.92 Å². The van der Waals surface area contributed by atoms with Crippen molar-refractivity contribution in [2.45, 2.75) is 32.2 Å². The minimum Gasteiger partial charge on any atom is -0.370 e. The number of hydrogen-bond acceptors (Lipinski definition) is 7. The molecule has 26 heavy (non-hydrogen) atoms. The van der Waals surface area contributed by atoms with Crippen molar-refractivity contribution in [3.8, 4) is 0 Å². The van der Waals surface area contributed by atoms with Gasteiger partial charge in [0.2, 0.25) is 5.95 Å². The highest BCUT2D eigenvalue weighted by Gasteiger charge is 2.25. The average Bonchev–Trinajstić information content (AvgIpc) is 3.35. The Balaban J connectivity index is 1.41. The Morgan fingerprint density at radius 3 is 2.85 bits per heavy atom. The van der Waals surface area contributed by atoms with Crippen LogP contribution in [-0.2, 0) is 6.54 Å².